The second-order valence-electron chi connectivity index (χ2n) is 4.41. The fraction of sp³-hybridized carbons (Fsp3) is 0.917. The lowest BCUT2D eigenvalue weighted by Crippen LogP contribution is -2.37. The fourth-order valence-electron chi connectivity index (χ4n) is 2.07. The van der Waals surface area contributed by atoms with Gasteiger partial charge in [0.05, 0.1) is 19.1 Å². The summed E-state index contributed by atoms with van der Waals surface area (Å²) in [5.41, 5.74) is 0. The van der Waals surface area contributed by atoms with E-state index in [9.17, 15) is 4.79 Å². The van der Waals surface area contributed by atoms with Crippen molar-refractivity contribution in [3.63, 3.8) is 0 Å². The van der Waals surface area contributed by atoms with Crippen molar-refractivity contribution in [1.82, 2.24) is 4.90 Å². The van der Waals surface area contributed by atoms with Crippen LogP contribution < -0.4 is 0 Å². The third kappa shape index (κ3) is 4.10. The summed E-state index contributed by atoms with van der Waals surface area (Å²) in [5, 5.41) is 0. The monoisotopic (exact) mass is 229 g/mol. The molecule has 2 atom stereocenters. The van der Waals surface area contributed by atoms with Gasteiger partial charge in [-0.3, -0.25) is 4.79 Å². The summed E-state index contributed by atoms with van der Waals surface area (Å²) in [4.78, 5) is 13.6. The van der Waals surface area contributed by atoms with Gasteiger partial charge in [-0.2, -0.15) is 0 Å². The SMILES string of the molecule is CCN(CC1CCCO1)CC(C)C(=O)OC. The van der Waals surface area contributed by atoms with E-state index in [1.165, 1.54) is 7.11 Å². The quantitative estimate of drug-likeness (QED) is 0.643. The number of hydrogen-bond acceptors (Lipinski definition) is 4. The Labute approximate surface area is 97.9 Å². The number of hydrogen-bond donors (Lipinski definition) is 0. The molecule has 94 valence electrons. The second kappa shape index (κ2) is 6.86. The van der Waals surface area contributed by atoms with Crippen LogP contribution in [-0.2, 0) is 14.3 Å². The first-order valence-electron chi connectivity index (χ1n) is 6.09. The molecule has 1 saturated heterocycles. The summed E-state index contributed by atoms with van der Waals surface area (Å²) in [7, 11) is 1.44. The van der Waals surface area contributed by atoms with Crippen LogP contribution in [0.4, 0.5) is 0 Å². The molecule has 0 aromatic heterocycles. The molecule has 1 heterocycles. The maximum Gasteiger partial charge on any atom is 0.309 e. The molecule has 0 aliphatic carbocycles. The predicted molar refractivity (Wildman–Crippen MR) is 62.3 cm³/mol. The average molecular weight is 229 g/mol. The van der Waals surface area contributed by atoms with E-state index in [2.05, 4.69) is 11.8 Å². The molecule has 0 N–H and O–H groups in total. The Kier molecular flexibility index (Phi) is 5.77. The summed E-state index contributed by atoms with van der Waals surface area (Å²) < 4.78 is 10.3. The molecule has 4 nitrogen and oxygen atoms in total. The predicted octanol–water partition coefficient (Wildman–Crippen LogP) is 1.30. The van der Waals surface area contributed by atoms with Crippen molar-refractivity contribution in [2.45, 2.75) is 32.8 Å². The molecule has 0 aromatic carbocycles. The Hall–Kier alpha value is -0.610. The van der Waals surface area contributed by atoms with Gasteiger partial charge in [0.1, 0.15) is 0 Å². The van der Waals surface area contributed by atoms with Gasteiger partial charge in [-0.25, -0.2) is 0 Å². The van der Waals surface area contributed by atoms with Crippen molar-refractivity contribution >= 4 is 5.97 Å². The van der Waals surface area contributed by atoms with Gasteiger partial charge in [-0.05, 0) is 19.4 Å². The lowest BCUT2D eigenvalue weighted by atomic mass is 10.1. The van der Waals surface area contributed by atoms with Gasteiger partial charge >= 0.3 is 5.97 Å². The molecule has 2 unspecified atom stereocenters. The molecule has 1 fully saturated rings. The minimum atomic E-state index is -0.134. The summed E-state index contributed by atoms with van der Waals surface area (Å²) in [6.45, 7) is 7.53. The summed E-state index contributed by atoms with van der Waals surface area (Å²) in [6, 6.07) is 0. The van der Waals surface area contributed by atoms with E-state index in [1.54, 1.807) is 0 Å². The number of carbonyl (C=O) groups is 1. The maximum atomic E-state index is 11.3. The highest BCUT2D eigenvalue weighted by Crippen LogP contribution is 2.14. The first kappa shape index (κ1) is 13.5. The van der Waals surface area contributed by atoms with Gasteiger partial charge in [-0.15, -0.1) is 0 Å². The molecule has 16 heavy (non-hydrogen) atoms. The van der Waals surface area contributed by atoms with Crippen LogP contribution in [0.25, 0.3) is 0 Å². The Bertz CT molecular complexity index is 214. The van der Waals surface area contributed by atoms with E-state index in [0.29, 0.717) is 6.10 Å². The van der Waals surface area contributed by atoms with E-state index >= 15 is 0 Å². The minimum Gasteiger partial charge on any atom is -0.469 e. The summed E-state index contributed by atoms with van der Waals surface area (Å²) in [5.74, 6) is -0.197. The van der Waals surface area contributed by atoms with Crippen molar-refractivity contribution in [2.75, 3.05) is 33.4 Å². The zero-order valence-electron chi connectivity index (χ0n) is 10.6. The van der Waals surface area contributed by atoms with Crippen molar-refractivity contribution in [3.05, 3.63) is 0 Å². The number of nitrogens with zero attached hydrogens (tertiary/aromatic N) is 1. The number of ether oxygens (including phenoxy) is 2. The molecule has 0 amide bonds. The number of esters is 1. The second-order valence-corrected chi connectivity index (χ2v) is 4.41. The first-order valence-corrected chi connectivity index (χ1v) is 6.09. The number of rotatable bonds is 6. The Morgan fingerprint density at radius 3 is 2.88 bits per heavy atom. The molecule has 1 aliphatic heterocycles. The van der Waals surface area contributed by atoms with E-state index in [1.807, 2.05) is 6.92 Å². The third-order valence-electron chi connectivity index (χ3n) is 3.07. The molecule has 0 radical (unpaired) electrons. The Morgan fingerprint density at radius 1 is 1.62 bits per heavy atom. The van der Waals surface area contributed by atoms with E-state index in [0.717, 1.165) is 39.1 Å². The number of carbonyl (C=O) groups excluding carboxylic acids is 1. The van der Waals surface area contributed by atoms with Crippen LogP contribution in [0.15, 0.2) is 0 Å². The zero-order chi connectivity index (χ0) is 12.0. The van der Waals surface area contributed by atoms with Crippen molar-refractivity contribution < 1.29 is 14.3 Å². The minimum absolute atomic E-state index is 0.0636. The lowest BCUT2D eigenvalue weighted by molar-refractivity contribution is -0.145. The first-order chi connectivity index (χ1) is 7.67. The molecule has 0 saturated carbocycles. The Morgan fingerprint density at radius 2 is 2.38 bits per heavy atom. The molecule has 0 aromatic rings. The molecule has 0 bridgehead atoms. The van der Waals surface area contributed by atoms with Gasteiger partial charge in [0.15, 0.2) is 0 Å². The normalized spacial score (nSPS) is 22.4. The third-order valence-corrected chi connectivity index (χ3v) is 3.07. The molecule has 1 rings (SSSR count). The smallest absolute Gasteiger partial charge is 0.309 e. The van der Waals surface area contributed by atoms with Crippen LogP contribution >= 0.6 is 0 Å². The van der Waals surface area contributed by atoms with Crippen LogP contribution in [0, 0.1) is 5.92 Å². The van der Waals surface area contributed by atoms with Gasteiger partial charge in [0.25, 0.3) is 0 Å². The standard InChI is InChI=1S/C12H23NO3/c1-4-13(8-10(2)12(14)15-3)9-11-6-5-7-16-11/h10-11H,4-9H2,1-3H3. The lowest BCUT2D eigenvalue weighted by Gasteiger charge is -2.25. The van der Waals surface area contributed by atoms with Crippen molar-refractivity contribution in [2.24, 2.45) is 5.92 Å². The fourth-order valence-corrected chi connectivity index (χ4v) is 2.07. The van der Waals surface area contributed by atoms with Crippen LogP contribution in [0.3, 0.4) is 0 Å². The van der Waals surface area contributed by atoms with Crippen LogP contribution in [0.1, 0.15) is 26.7 Å². The molecule has 4 heteroatoms. The maximum absolute atomic E-state index is 11.3. The highest BCUT2D eigenvalue weighted by atomic mass is 16.5. The summed E-state index contributed by atoms with van der Waals surface area (Å²) in [6.07, 6.45) is 2.66. The van der Waals surface area contributed by atoms with Gasteiger partial charge in [0, 0.05) is 19.7 Å². The highest BCUT2D eigenvalue weighted by Gasteiger charge is 2.21. The number of methoxy groups -OCH3 is 1. The van der Waals surface area contributed by atoms with Gasteiger partial charge in [-0.1, -0.05) is 13.8 Å². The highest BCUT2D eigenvalue weighted by molar-refractivity contribution is 5.72. The van der Waals surface area contributed by atoms with E-state index in [4.69, 9.17) is 9.47 Å². The summed E-state index contributed by atoms with van der Waals surface area (Å²) >= 11 is 0. The molecule has 0 spiro atoms. The van der Waals surface area contributed by atoms with Gasteiger partial charge in [0.2, 0.25) is 0 Å². The average Bonchev–Trinajstić information content (AvgIpc) is 2.79. The van der Waals surface area contributed by atoms with E-state index < -0.39 is 0 Å². The van der Waals surface area contributed by atoms with Gasteiger partial charge < -0.3 is 14.4 Å². The van der Waals surface area contributed by atoms with Crippen molar-refractivity contribution in [1.29, 1.82) is 0 Å². The molecule has 1 aliphatic rings. The zero-order valence-corrected chi connectivity index (χ0v) is 10.6. The van der Waals surface area contributed by atoms with Crippen LogP contribution in [0.2, 0.25) is 0 Å². The largest absolute Gasteiger partial charge is 0.469 e. The van der Waals surface area contributed by atoms with Crippen LogP contribution in [-0.4, -0.2) is 50.3 Å². The molecular weight excluding hydrogens is 206 g/mol. The van der Waals surface area contributed by atoms with Crippen LogP contribution in [0.5, 0.6) is 0 Å². The van der Waals surface area contributed by atoms with Crippen molar-refractivity contribution in [3.8, 4) is 0 Å². The molecular formula is C12H23NO3. The number of likely N-dealkylation sites (N-methyl/N-ethyl adjacent to an activating group) is 1. The topological polar surface area (TPSA) is 38.8 Å². The van der Waals surface area contributed by atoms with E-state index in [-0.39, 0.29) is 11.9 Å². The Balaban J connectivity index is 2.32.